The molecule has 1 aliphatic rings. The number of nitrogens with zero attached hydrogens (tertiary/aromatic N) is 2. The standard InChI is InChI=1S/C16H16Br4N4/c1-16(21-2)6-4-8(5-7-16)22-15-23-13-11(19)9(17)10(18)12(20)14(13)24(15)3/h4-6,21H,7H2,1-3H3,(H,22,23). The second kappa shape index (κ2) is 6.87. The molecule has 2 aromatic rings. The topological polar surface area (TPSA) is 41.9 Å². The number of likely N-dealkylation sites (N-methyl/N-ethyl adjacent to an activating group) is 1. The fraction of sp³-hybridized carbons (Fsp3) is 0.312. The summed E-state index contributed by atoms with van der Waals surface area (Å²) in [4.78, 5) is 4.76. The lowest BCUT2D eigenvalue weighted by atomic mass is 9.93. The van der Waals surface area contributed by atoms with E-state index in [1.165, 1.54) is 0 Å². The number of rotatable bonds is 3. The molecule has 0 fully saturated rings. The quantitative estimate of drug-likeness (QED) is 0.352. The SMILES string of the molecule is CNC1(C)C=CC(Nc2nc3c(Br)c(Br)c(Br)c(Br)c3n2C)=CC1. The van der Waals surface area contributed by atoms with Gasteiger partial charge in [0.05, 0.1) is 14.5 Å². The second-order valence-electron chi connectivity index (χ2n) is 5.94. The maximum absolute atomic E-state index is 4.76. The zero-order chi connectivity index (χ0) is 17.6. The zero-order valence-corrected chi connectivity index (χ0v) is 19.7. The Morgan fingerprint density at radius 1 is 1.12 bits per heavy atom. The van der Waals surface area contributed by atoms with E-state index in [-0.39, 0.29) is 5.54 Å². The fourth-order valence-electron chi connectivity index (χ4n) is 2.55. The van der Waals surface area contributed by atoms with Gasteiger partial charge in [0.15, 0.2) is 0 Å². The molecule has 4 nitrogen and oxygen atoms in total. The van der Waals surface area contributed by atoms with E-state index in [2.05, 4.69) is 99.5 Å². The van der Waals surface area contributed by atoms with Gasteiger partial charge in [-0.25, -0.2) is 4.98 Å². The van der Waals surface area contributed by atoms with E-state index < -0.39 is 0 Å². The molecule has 0 bridgehead atoms. The Hall–Kier alpha value is -0.150. The molecular formula is C16H16Br4N4. The number of aromatic nitrogens is 2. The van der Waals surface area contributed by atoms with E-state index in [1.54, 1.807) is 0 Å². The number of imidazole rings is 1. The van der Waals surface area contributed by atoms with Crippen LogP contribution in [-0.2, 0) is 7.05 Å². The number of hydrogen-bond acceptors (Lipinski definition) is 3. The summed E-state index contributed by atoms with van der Waals surface area (Å²) in [6.45, 7) is 2.18. The molecule has 1 aromatic carbocycles. The Bertz CT molecular complexity index is 884. The first kappa shape index (κ1) is 18.6. The average molecular weight is 584 g/mol. The molecule has 3 rings (SSSR count). The Balaban J connectivity index is 2.01. The van der Waals surface area contributed by atoms with E-state index in [4.69, 9.17) is 4.98 Å². The van der Waals surface area contributed by atoms with Crippen LogP contribution in [0.15, 0.2) is 41.8 Å². The maximum Gasteiger partial charge on any atom is 0.208 e. The monoisotopic (exact) mass is 580 g/mol. The smallest absolute Gasteiger partial charge is 0.208 e. The predicted octanol–water partition coefficient (Wildman–Crippen LogP) is 5.86. The molecule has 1 unspecified atom stereocenters. The third kappa shape index (κ3) is 3.16. The van der Waals surface area contributed by atoms with E-state index in [1.807, 2.05) is 18.7 Å². The normalized spacial score (nSPS) is 20.5. The first-order chi connectivity index (χ1) is 11.3. The van der Waals surface area contributed by atoms with Gasteiger partial charge in [-0.2, -0.15) is 0 Å². The lowest BCUT2D eigenvalue weighted by molar-refractivity contribution is 0.480. The number of benzene rings is 1. The summed E-state index contributed by atoms with van der Waals surface area (Å²) < 4.78 is 5.83. The van der Waals surface area contributed by atoms with E-state index in [0.717, 1.165) is 47.0 Å². The molecule has 1 aliphatic carbocycles. The van der Waals surface area contributed by atoms with Crippen molar-refractivity contribution in [2.45, 2.75) is 18.9 Å². The van der Waals surface area contributed by atoms with Crippen LogP contribution < -0.4 is 10.6 Å². The summed E-state index contributed by atoms with van der Waals surface area (Å²) in [6, 6.07) is 0. The average Bonchev–Trinajstić information content (AvgIpc) is 2.90. The molecule has 0 spiro atoms. The van der Waals surface area contributed by atoms with Crippen molar-refractivity contribution in [3.8, 4) is 0 Å². The van der Waals surface area contributed by atoms with Gasteiger partial charge < -0.3 is 15.2 Å². The number of anilines is 1. The van der Waals surface area contributed by atoms with Gasteiger partial charge in [-0.1, -0.05) is 12.2 Å². The Kier molecular flexibility index (Phi) is 5.33. The summed E-state index contributed by atoms with van der Waals surface area (Å²) in [5, 5.41) is 6.74. The van der Waals surface area contributed by atoms with E-state index in [0.29, 0.717) is 0 Å². The lowest BCUT2D eigenvalue weighted by Gasteiger charge is -2.27. The van der Waals surface area contributed by atoms with Crippen LogP contribution >= 0.6 is 63.7 Å². The first-order valence-electron chi connectivity index (χ1n) is 7.31. The first-order valence-corrected chi connectivity index (χ1v) is 10.5. The number of halogens is 4. The number of nitrogens with one attached hydrogen (secondary N) is 2. The van der Waals surface area contributed by atoms with Crippen molar-refractivity contribution >= 4 is 80.7 Å². The molecule has 0 saturated carbocycles. The number of allylic oxidation sites excluding steroid dienone is 1. The van der Waals surface area contributed by atoms with E-state index >= 15 is 0 Å². The van der Waals surface area contributed by atoms with Crippen molar-refractivity contribution < 1.29 is 0 Å². The summed E-state index contributed by atoms with van der Waals surface area (Å²) in [6.07, 6.45) is 7.38. The van der Waals surface area contributed by atoms with Crippen LogP contribution in [0.25, 0.3) is 11.0 Å². The molecule has 1 heterocycles. The van der Waals surface area contributed by atoms with Crippen molar-refractivity contribution in [1.82, 2.24) is 14.9 Å². The fourth-order valence-corrected chi connectivity index (χ4v) is 4.99. The summed E-state index contributed by atoms with van der Waals surface area (Å²) >= 11 is 14.5. The van der Waals surface area contributed by atoms with Crippen molar-refractivity contribution in [2.24, 2.45) is 7.05 Å². The molecule has 0 aliphatic heterocycles. The number of aryl methyl sites for hydroxylation is 1. The molecule has 0 saturated heterocycles. The highest BCUT2D eigenvalue weighted by Crippen LogP contribution is 2.44. The van der Waals surface area contributed by atoms with Crippen LogP contribution in [0.1, 0.15) is 13.3 Å². The van der Waals surface area contributed by atoms with Gasteiger partial charge in [-0.05, 0) is 90.2 Å². The van der Waals surface area contributed by atoms with Gasteiger partial charge in [0, 0.05) is 27.2 Å². The van der Waals surface area contributed by atoms with Gasteiger partial charge in [0.2, 0.25) is 5.95 Å². The Morgan fingerprint density at radius 2 is 1.79 bits per heavy atom. The number of fused-ring (bicyclic) bond motifs is 1. The Labute approximate surface area is 174 Å². The largest absolute Gasteiger partial charge is 0.326 e. The predicted molar refractivity (Wildman–Crippen MR) is 114 cm³/mol. The molecule has 8 heteroatoms. The number of hydrogen-bond donors (Lipinski definition) is 2. The molecule has 128 valence electrons. The van der Waals surface area contributed by atoms with Gasteiger partial charge in [-0.3, -0.25) is 0 Å². The van der Waals surface area contributed by atoms with Crippen LogP contribution in [0.5, 0.6) is 0 Å². The molecule has 0 amide bonds. The summed E-state index contributed by atoms with van der Waals surface area (Å²) in [7, 11) is 3.98. The summed E-state index contributed by atoms with van der Waals surface area (Å²) in [5.41, 5.74) is 2.97. The highest BCUT2D eigenvalue weighted by Gasteiger charge is 2.22. The van der Waals surface area contributed by atoms with Crippen LogP contribution in [0, 0.1) is 0 Å². The van der Waals surface area contributed by atoms with Crippen molar-refractivity contribution in [3.05, 3.63) is 41.8 Å². The molecule has 1 aromatic heterocycles. The van der Waals surface area contributed by atoms with Gasteiger partial charge in [0.25, 0.3) is 0 Å². The van der Waals surface area contributed by atoms with Crippen LogP contribution in [0.4, 0.5) is 5.95 Å². The minimum Gasteiger partial charge on any atom is -0.326 e. The maximum atomic E-state index is 4.76. The lowest BCUT2D eigenvalue weighted by Crippen LogP contribution is -2.38. The van der Waals surface area contributed by atoms with Gasteiger partial charge in [-0.15, -0.1) is 0 Å². The second-order valence-corrected chi connectivity index (χ2v) is 9.11. The van der Waals surface area contributed by atoms with Gasteiger partial charge >= 0.3 is 0 Å². The van der Waals surface area contributed by atoms with Crippen LogP contribution in [0.2, 0.25) is 0 Å². The highest BCUT2D eigenvalue weighted by atomic mass is 79.9. The van der Waals surface area contributed by atoms with E-state index in [9.17, 15) is 0 Å². The zero-order valence-electron chi connectivity index (χ0n) is 13.3. The molecule has 2 N–H and O–H groups in total. The van der Waals surface area contributed by atoms with Crippen LogP contribution in [0.3, 0.4) is 0 Å². The third-order valence-electron chi connectivity index (χ3n) is 4.29. The highest BCUT2D eigenvalue weighted by molar-refractivity contribution is 9.15. The molecule has 24 heavy (non-hydrogen) atoms. The molecular weight excluding hydrogens is 568 g/mol. The van der Waals surface area contributed by atoms with Crippen molar-refractivity contribution in [3.63, 3.8) is 0 Å². The third-order valence-corrected chi connectivity index (χ3v) is 9.02. The summed E-state index contributed by atoms with van der Waals surface area (Å²) in [5.74, 6) is 0.792. The Morgan fingerprint density at radius 3 is 2.38 bits per heavy atom. The molecule has 1 atom stereocenters. The minimum absolute atomic E-state index is 0.0132. The van der Waals surface area contributed by atoms with Crippen LogP contribution in [-0.4, -0.2) is 22.1 Å². The van der Waals surface area contributed by atoms with Crippen molar-refractivity contribution in [1.29, 1.82) is 0 Å². The van der Waals surface area contributed by atoms with Gasteiger partial charge in [0.1, 0.15) is 5.52 Å². The van der Waals surface area contributed by atoms with Crippen molar-refractivity contribution in [2.75, 3.05) is 12.4 Å². The minimum atomic E-state index is 0.0132. The molecule has 0 radical (unpaired) electrons.